The van der Waals surface area contributed by atoms with E-state index in [0.29, 0.717) is 13.0 Å². The van der Waals surface area contributed by atoms with Gasteiger partial charge in [-0.05, 0) is 45.6 Å². The average Bonchev–Trinajstić information content (AvgIpc) is 3.13. The first kappa shape index (κ1) is 23.7. The molecule has 1 saturated carbocycles. The van der Waals surface area contributed by atoms with Gasteiger partial charge in [0.1, 0.15) is 0 Å². The van der Waals surface area contributed by atoms with Crippen LogP contribution in [0.2, 0.25) is 0 Å². The fourth-order valence-electron chi connectivity index (χ4n) is 4.76. The molecule has 174 valence electrons. The van der Waals surface area contributed by atoms with Gasteiger partial charge in [0, 0.05) is 44.7 Å². The van der Waals surface area contributed by atoms with Crippen LogP contribution in [0.4, 0.5) is 0 Å². The van der Waals surface area contributed by atoms with E-state index in [9.17, 15) is 9.90 Å². The predicted octanol–water partition coefficient (Wildman–Crippen LogP) is 1.39. The van der Waals surface area contributed by atoms with E-state index in [4.69, 9.17) is 14.6 Å². The third-order valence-corrected chi connectivity index (χ3v) is 6.95. The fourth-order valence-corrected chi connectivity index (χ4v) is 4.76. The number of hydrogen-bond donors (Lipinski definition) is 3. The summed E-state index contributed by atoms with van der Waals surface area (Å²) in [7, 11) is 0. The van der Waals surface area contributed by atoms with Gasteiger partial charge in [0.05, 0.1) is 29.5 Å². The minimum Gasteiger partial charge on any atom is -0.483 e. The number of hydrogen-bond acceptors (Lipinski definition) is 6. The molecule has 31 heavy (non-hydrogen) atoms. The summed E-state index contributed by atoms with van der Waals surface area (Å²) in [5, 5.41) is 25.6. The van der Waals surface area contributed by atoms with Crippen molar-refractivity contribution in [1.29, 1.82) is 0 Å². The van der Waals surface area contributed by atoms with E-state index in [1.165, 1.54) is 0 Å². The Hall–Kier alpha value is -1.97. The third kappa shape index (κ3) is 5.84. The van der Waals surface area contributed by atoms with Gasteiger partial charge >= 0.3 is 0 Å². The second-order valence-electron chi connectivity index (χ2n) is 9.26. The molecule has 3 aliphatic rings. The molecule has 2 aliphatic heterocycles. The van der Waals surface area contributed by atoms with Gasteiger partial charge in [-0.25, -0.2) is 0 Å². The van der Waals surface area contributed by atoms with Gasteiger partial charge in [0.2, 0.25) is 5.91 Å². The summed E-state index contributed by atoms with van der Waals surface area (Å²) in [5.41, 5.74) is -0.103. The molecule has 1 aromatic heterocycles. The molecule has 0 unspecified atom stereocenters. The number of piperidine rings is 1. The molecule has 3 fully saturated rings. The quantitative estimate of drug-likeness (QED) is 0.597. The van der Waals surface area contributed by atoms with E-state index in [1.807, 2.05) is 17.8 Å². The van der Waals surface area contributed by atoms with Crippen LogP contribution in [0, 0.1) is 5.92 Å². The molecule has 4 rings (SSSR count). The summed E-state index contributed by atoms with van der Waals surface area (Å²) in [6.45, 7) is 7.72. The Morgan fingerprint density at radius 2 is 2.06 bits per heavy atom. The van der Waals surface area contributed by atoms with E-state index in [1.54, 1.807) is 0 Å². The minimum absolute atomic E-state index is 0.0809. The number of likely N-dealkylation sites (tertiary alicyclic amines) is 1. The molecule has 3 N–H and O–H groups in total. The van der Waals surface area contributed by atoms with Crippen LogP contribution in [0.1, 0.15) is 58.1 Å². The van der Waals surface area contributed by atoms with E-state index in [0.717, 1.165) is 64.0 Å². The van der Waals surface area contributed by atoms with Crippen molar-refractivity contribution in [3.05, 3.63) is 18.0 Å². The second-order valence-corrected chi connectivity index (χ2v) is 9.26. The third-order valence-electron chi connectivity index (χ3n) is 6.95. The highest BCUT2D eigenvalue weighted by molar-refractivity contribution is 5.79. The molecule has 2 atom stereocenters. The highest BCUT2D eigenvalue weighted by atomic mass is 16.5. The number of carbonyl (C=O) groups is 2. The summed E-state index contributed by atoms with van der Waals surface area (Å²) >= 11 is 0. The SMILES string of the molecule is CCn1ccc(CN2CCC3(CC2)C[C@](C)(O)[C@@H](NC(=O)C2CCC2)CO3)n1.O=CO. The molecule has 1 aliphatic carbocycles. The Morgan fingerprint density at radius 3 is 2.58 bits per heavy atom. The van der Waals surface area contributed by atoms with E-state index in [2.05, 4.69) is 28.3 Å². The maximum atomic E-state index is 12.3. The van der Waals surface area contributed by atoms with Crippen LogP contribution in [0.3, 0.4) is 0 Å². The Morgan fingerprint density at radius 1 is 1.39 bits per heavy atom. The van der Waals surface area contributed by atoms with Gasteiger partial charge in [-0.2, -0.15) is 5.10 Å². The summed E-state index contributed by atoms with van der Waals surface area (Å²) in [6.07, 6.45) is 7.49. The van der Waals surface area contributed by atoms with Gasteiger partial charge in [0.25, 0.3) is 6.47 Å². The molecule has 1 spiro atoms. The molecule has 3 heterocycles. The molecular weight excluding hydrogens is 400 g/mol. The topological polar surface area (TPSA) is 117 Å². The Labute approximate surface area is 183 Å². The van der Waals surface area contributed by atoms with Crippen molar-refractivity contribution in [2.24, 2.45) is 5.92 Å². The molecule has 1 aromatic rings. The number of ether oxygens (including phenoxy) is 1. The first-order chi connectivity index (χ1) is 14.8. The van der Waals surface area contributed by atoms with Crippen LogP contribution in [-0.4, -0.2) is 74.2 Å². The molecule has 2 saturated heterocycles. The predicted molar refractivity (Wildman–Crippen MR) is 114 cm³/mol. The van der Waals surface area contributed by atoms with Crippen molar-refractivity contribution in [3.8, 4) is 0 Å². The smallest absolute Gasteiger partial charge is 0.290 e. The number of amides is 1. The normalized spacial score (nSPS) is 28.3. The lowest BCUT2D eigenvalue weighted by molar-refractivity contribution is -0.190. The Balaban J connectivity index is 0.000000858. The van der Waals surface area contributed by atoms with Crippen LogP contribution in [0.15, 0.2) is 12.3 Å². The zero-order chi connectivity index (χ0) is 22.5. The summed E-state index contributed by atoms with van der Waals surface area (Å²) < 4.78 is 8.24. The fraction of sp³-hybridized carbons (Fsp3) is 0.773. The van der Waals surface area contributed by atoms with Crippen LogP contribution in [0.5, 0.6) is 0 Å². The van der Waals surface area contributed by atoms with E-state index in [-0.39, 0.29) is 29.9 Å². The molecule has 9 heteroatoms. The van der Waals surface area contributed by atoms with Gasteiger partial charge in [-0.15, -0.1) is 0 Å². The van der Waals surface area contributed by atoms with Gasteiger partial charge in [-0.3, -0.25) is 19.2 Å². The van der Waals surface area contributed by atoms with Crippen LogP contribution < -0.4 is 5.32 Å². The molecule has 0 aromatic carbocycles. The number of carbonyl (C=O) groups excluding carboxylic acids is 1. The van der Waals surface area contributed by atoms with E-state index < -0.39 is 5.60 Å². The van der Waals surface area contributed by atoms with Crippen molar-refractivity contribution in [2.75, 3.05) is 19.7 Å². The number of aryl methyl sites for hydroxylation is 1. The molecule has 0 bridgehead atoms. The number of nitrogens with zero attached hydrogens (tertiary/aromatic N) is 3. The maximum absolute atomic E-state index is 12.3. The standard InChI is InChI=1S/C21H34N4O3.CH2O2/c1-3-25-10-7-17(23-25)13-24-11-8-21(9-12-24)15-20(2,27)18(14-28-21)22-19(26)16-5-4-6-16;2-1-3/h7,10,16,18,27H,3-6,8-9,11-15H2,1-2H3,(H,22,26);1H,(H,2,3)/t18-,20-;/m0./s1. The largest absolute Gasteiger partial charge is 0.483 e. The molecule has 9 nitrogen and oxygen atoms in total. The monoisotopic (exact) mass is 436 g/mol. The lowest BCUT2D eigenvalue weighted by Crippen LogP contribution is -2.64. The average molecular weight is 437 g/mol. The van der Waals surface area contributed by atoms with Crippen LogP contribution in [-0.2, 0) is 27.4 Å². The Kier molecular flexibility index (Phi) is 7.72. The van der Waals surface area contributed by atoms with E-state index >= 15 is 0 Å². The minimum atomic E-state index is -0.931. The maximum Gasteiger partial charge on any atom is 0.290 e. The number of carboxylic acid groups (broad SMARTS) is 1. The lowest BCUT2D eigenvalue weighted by atomic mass is 9.75. The lowest BCUT2D eigenvalue weighted by Gasteiger charge is -2.51. The van der Waals surface area contributed by atoms with Gasteiger partial charge in [-0.1, -0.05) is 6.42 Å². The first-order valence-corrected chi connectivity index (χ1v) is 11.3. The van der Waals surface area contributed by atoms with Crippen molar-refractivity contribution in [2.45, 2.75) is 82.7 Å². The summed E-state index contributed by atoms with van der Waals surface area (Å²) in [5.74, 6) is 0.212. The first-order valence-electron chi connectivity index (χ1n) is 11.3. The van der Waals surface area contributed by atoms with Crippen molar-refractivity contribution < 1.29 is 24.5 Å². The number of nitrogens with one attached hydrogen (secondary N) is 1. The van der Waals surface area contributed by atoms with Crippen molar-refractivity contribution in [1.82, 2.24) is 20.0 Å². The molecule has 0 radical (unpaired) electrons. The van der Waals surface area contributed by atoms with Crippen LogP contribution in [0.25, 0.3) is 0 Å². The second kappa shape index (κ2) is 10.1. The van der Waals surface area contributed by atoms with Gasteiger partial charge < -0.3 is 20.3 Å². The Bertz CT molecular complexity index is 738. The molecule has 1 amide bonds. The van der Waals surface area contributed by atoms with Crippen LogP contribution >= 0.6 is 0 Å². The summed E-state index contributed by atoms with van der Waals surface area (Å²) in [6, 6.07) is 1.77. The van der Waals surface area contributed by atoms with Gasteiger partial charge in [0.15, 0.2) is 0 Å². The molecular formula is C22H36N4O5. The van der Waals surface area contributed by atoms with Crippen molar-refractivity contribution in [3.63, 3.8) is 0 Å². The number of rotatable bonds is 5. The zero-order valence-electron chi connectivity index (χ0n) is 18.6. The number of aromatic nitrogens is 2. The highest BCUT2D eigenvalue weighted by Gasteiger charge is 2.49. The summed E-state index contributed by atoms with van der Waals surface area (Å²) in [4.78, 5) is 23.1. The highest BCUT2D eigenvalue weighted by Crippen LogP contribution is 2.40. The van der Waals surface area contributed by atoms with Crippen molar-refractivity contribution >= 4 is 12.4 Å². The zero-order valence-corrected chi connectivity index (χ0v) is 18.6. The number of aliphatic hydroxyl groups is 1.